The Hall–Kier alpha value is -0.570. The fourth-order valence-electron chi connectivity index (χ4n) is 7.49. The zero-order valence-electron chi connectivity index (χ0n) is 15.2. The van der Waals surface area contributed by atoms with Crippen molar-refractivity contribution in [3.63, 3.8) is 0 Å². The molecule has 2 nitrogen and oxygen atoms in total. The zero-order chi connectivity index (χ0) is 17.1. The summed E-state index contributed by atoms with van der Waals surface area (Å²) in [6.45, 7) is 3.69. The van der Waals surface area contributed by atoms with Crippen molar-refractivity contribution in [3.05, 3.63) is 11.3 Å². The molecule has 0 spiro atoms. The molecule has 0 saturated heterocycles. The smallest absolute Gasteiger partial charge is 0.118 e. The summed E-state index contributed by atoms with van der Waals surface area (Å²) in [6.07, 6.45) is 9.50. The van der Waals surface area contributed by atoms with E-state index in [1.807, 2.05) is 6.92 Å². The lowest BCUT2D eigenvalue weighted by atomic mass is 9.49. The van der Waals surface area contributed by atoms with E-state index in [1.165, 1.54) is 31.3 Å². The second kappa shape index (κ2) is 5.72. The van der Waals surface area contributed by atoms with Crippen LogP contribution in [0.25, 0.3) is 0 Å². The lowest BCUT2D eigenvalue weighted by molar-refractivity contribution is -0.104. The first-order valence-electron chi connectivity index (χ1n) is 10.1. The summed E-state index contributed by atoms with van der Waals surface area (Å²) < 4.78 is 13.2. The summed E-state index contributed by atoms with van der Waals surface area (Å²) in [6, 6.07) is 0. The van der Waals surface area contributed by atoms with Crippen LogP contribution in [0.2, 0.25) is 0 Å². The molecule has 7 atom stereocenters. The number of aliphatic hydroxyl groups is 2. The average molecular weight is 336 g/mol. The Labute approximate surface area is 145 Å². The highest BCUT2D eigenvalue weighted by Gasteiger charge is 2.56. The molecule has 0 bridgehead atoms. The van der Waals surface area contributed by atoms with Crippen molar-refractivity contribution >= 4 is 0 Å². The molecule has 0 aliphatic heterocycles. The number of rotatable bonds is 1. The summed E-state index contributed by atoms with van der Waals surface area (Å²) in [5, 5.41) is 20.5. The minimum absolute atomic E-state index is 0.210. The van der Waals surface area contributed by atoms with Gasteiger partial charge in [0.05, 0.1) is 11.4 Å². The number of hydrogen-bond acceptors (Lipinski definition) is 2. The molecular formula is C21H33FO2. The molecule has 0 aromatic rings. The predicted molar refractivity (Wildman–Crippen MR) is 93.4 cm³/mol. The number of halogens is 1. The molecule has 4 aliphatic carbocycles. The summed E-state index contributed by atoms with van der Waals surface area (Å²) >= 11 is 0. The van der Waals surface area contributed by atoms with Gasteiger partial charge in [0.1, 0.15) is 6.67 Å². The Morgan fingerprint density at radius 3 is 2.54 bits per heavy atom. The first-order valence-corrected chi connectivity index (χ1v) is 10.1. The Balaban J connectivity index is 1.56. The molecule has 3 heteroatoms. The van der Waals surface area contributed by atoms with Gasteiger partial charge in [0.2, 0.25) is 0 Å². The molecule has 4 fully saturated rings. The third-order valence-corrected chi connectivity index (χ3v) is 8.57. The average Bonchev–Trinajstić information content (AvgIpc) is 2.91. The van der Waals surface area contributed by atoms with Crippen LogP contribution in [0.3, 0.4) is 0 Å². The molecule has 136 valence electrons. The summed E-state index contributed by atoms with van der Waals surface area (Å²) in [7, 11) is 0. The van der Waals surface area contributed by atoms with Crippen molar-refractivity contribution in [2.24, 2.45) is 35.0 Å². The number of fused-ring (bicyclic) bond motifs is 5. The standard InChI is InChI=1S/C21H33FO2/c1-13(23)18-5-6-19-17-4-3-14-11-21(24,12-22)10-8-15(14)16(17)7-9-20(18,19)2/h14-17,19,23-24H,3-12H2,1-2H3/b18-13+/t14-,15+,16-,17-,19+,20-,21-/m1/s1. The molecule has 0 aromatic heterocycles. The van der Waals surface area contributed by atoms with Crippen LogP contribution in [-0.2, 0) is 0 Å². The van der Waals surface area contributed by atoms with E-state index in [0.29, 0.717) is 30.4 Å². The van der Waals surface area contributed by atoms with Crippen molar-refractivity contribution in [3.8, 4) is 0 Å². The van der Waals surface area contributed by atoms with Crippen molar-refractivity contribution in [2.75, 3.05) is 6.67 Å². The van der Waals surface area contributed by atoms with Crippen molar-refractivity contribution in [2.45, 2.75) is 77.2 Å². The van der Waals surface area contributed by atoms with E-state index in [9.17, 15) is 14.6 Å². The van der Waals surface area contributed by atoms with Gasteiger partial charge in [-0.2, -0.15) is 0 Å². The summed E-state index contributed by atoms with van der Waals surface area (Å²) in [5.74, 6) is 4.06. The minimum atomic E-state index is -1.03. The van der Waals surface area contributed by atoms with Gasteiger partial charge in [0.15, 0.2) is 0 Å². The maximum Gasteiger partial charge on any atom is 0.118 e. The monoisotopic (exact) mass is 336 g/mol. The zero-order valence-corrected chi connectivity index (χ0v) is 15.2. The molecule has 4 rings (SSSR count). The number of allylic oxidation sites excluding steroid dienone is 2. The highest BCUT2D eigenvalue weighted by Crippen LogP contribution is 2.64. The SMILES string of the molecule is C/C(O)=C1/CC[C@H]2[C@@H]3CC[C@@H]4C[C@@](O)(CF)CC[C@@H]4[C@H]3CC[C@]12C. The molecule has 24 heavy (non-hydrogen) atoms. The van der Waals surface area contributed by atoms with Crippen LogP contribution in [0.1, 0.15) is 71.6 Å². The Kier molecular flexibility index (Phi) is 4.02. The quantitative estimate of drug-likeness (QED) is 0.648. The molecule has 4 saturated carbocycles. The summed E-state index contributed by atoms with van der Waals surface area (Å²) in [4.78, 5) is 0. The van der Waals surface area contributed by atoms with E-state index >= 15 is 0 Å². The van der Waals surface area contributed by atoms with E-state index in [0.717, 1.165) is 37.0 Å². The van der Waals surface area contributed by atoms with Gasteiger partial charge in [-0.3, -0.25) is 0 Å². The van der Waals surface area contributed by atoms with Gasteiger partial charge in [-0.1, -0.05) is 6.92 Å². The topological polar surface area (TPSA) is 40.5 Å². The van der Waals surface area contributed by atoms with E-state index in [2.05, 4.69) is 6.92 Å². The molecule has 0 aromatic carbocycles. The van der Waals surface area contributed by atoms with E-state index in [1.54, 1.807) is 0 Å². The van der Waals surface area contributed by atoms with Crippen LogP contribution < -0.4 is 0 Å². The van der Waals surface area contributed by atoms with Crippen LogP contribution in [0.4, 0.5) is 4.39 Å². The molecular weight excluding hydrogens is 303 g/mol. The van der Waals surface area contributed by atoms with Gasteiger partial charge in [0, 0.05) is 0 Å². The fourth-order valence-corrected chi connectivity index (χ4v) is 7.49. The van der Waals surface area contributed by atoms with Crippen LogP contribution in [-0.4, -0.2) is 22.5 Å². The van der Waals surface area contributed by atoms with Crippen LogP contribution in [0.5, 0.6) is 0 Å². The maximum absolute atomic E-state index is 13.2. The molecule has 0 heterocycles. The molecule has 0 radical (unpaired) electrons. The number of aliphatic hydroxyl groups excluding tert-OH is 1. The Morgan fingerprint density at radius 1 is 1.08 bits per heavy atom. The van der Waals surface area contributed by atoms with Gasteiger partial charge >= 0.3 is 0 Å². The highest BCUT2D eigenvalue weighted by atomic mass is 19.1. The lowest BCUT2D eigenvalue weighted by Gasteiger charge is -2.56. The van der Waals surface area contributed by atoms with Crippen LogP contribution in [0, 0.1) is 35.0 Å². The van der Waals surface area contributed by atoms with Crippen LogP contribution >= 0.6 is 0 Å². The van der Waals surface area contributed by atoms with Crippen molar-refractivity contribution in [1.29, 1.82) is 0 Å². The van der Waals surface area contributed by atoms with Gasteiger partial charge in [-0.25, -0.2) is 4.39 Å². The number of hydrogen-bond donors (Lipinski definition) is 2. The molecule has 0 unspecified atom stereocenters. The third-order valence-electron chi connectivity index (χ3n) is 8.57. The second-order valence-corrected chi connectivity index (χ2v) is 9.60. The summed E-state index contributed by atoms with van der Waals surface area (Å²) in [5.41, 5.74) is 0.499. The van der Waals surface area contributed by atoms with Crippen molar-refractivity contribution in [1.82, 2.24) is 0 Å². The predicted octanol–water partition coefficient (Wildman–Crippen LogP) is 5.17. The van der Waals surface area contributed by atoms with E-state index in [4.69, 9.17) is 0 Å². The van der Waals surface area contributed by atoms with E-state index in [-0.39, 0.29) is 5.41 Å². The molecule has 0 amide bonds. The van der Waals surface area contributed by atoms with Crippen LogP contribution in [0.15, 0.2) is 11.3 Å². The van der Waals surface area contributed by atoms with E-state index < -0.39 is 12.3 Å². The minimum Gasteiger partial charge on any atom is -0.513 e. The maximum atomic E-state index is 13.2. The normalized spacial score (nSPS) is 53.1. The van der Waals surface area contributed by atoms with Crippen molar-refractivity contribution < 1.29 is 14.6 Å². The largest absolute Gasteiger partial charge is 0.513 e. The fraction of sp³-hybridized carbons (Fsp3) is 0.905. The highest BCUT2D eigenvalue weighted by molar-refractivity contribution is 5.25. The number of alkyl halides is 1. The van der Waals surface area contributed by atoms with Gasteiger partial charge in [-0.15, -0.1) is 0 Å². The lowest BCUT2D eigenvalue weighted by Crippen LogP contribution is -2.50. The first-order chi connectivity index (χ1) is 11.4. The van der Waals surface area contributed by atoms with Gasteiger partial charge in [-0.05, 0) is 105 Å². The van der Waals surface area contributed by atoms with Gasteiger partial charge < -0.3 is 10.2 Å². The third kappa shape index (κ3) is 2.37. The van der Waals surface area contributed by atoms with Gasteiger partial charge in [0.25, 0.3) is 0 Å². The first kappa shape index (κ1) is 16.9. The second-order valence-electron chi connectivity index (χ2n) is 9.60. The molecule has 2 N–H and O–H groups in total. The Morgan fingerprint density at radius 2 is 1.83 bits per heavy atom. The molecule has 4 aliphatic rings. The Bertz CT molecular complexity index is 540.